The van der Waals surface area contributed by atoms with E-state index in [0.29, 0.717) is 24.0 Å². The van der Waals surface area contributed by atoms with Gasteiger partial charge in [-0.2, -0.15) is 4.31 Å². The van der Waals surface area contributed by atoms with Gasteiger partial charge in [0.05, 0.1) is 11.3 Å². The van der Waals surface area contributed by atoms with Gasteiger partial charge in [-0.3, -0.25) is 9.69 Å². The van der Waals surface area contributed by atoms with E-state index in [4.69, 9.17) is 0 Å². The van der Waals surface area contributed by atoms with Crippen LogP contribution in [0.3, 0.4) is 0 Å². The first-order valence-electron chi connectivity index (χ1n) is 9.21. The second-order valence-electron chi connectivity index (χ2n) is 7.28. The fraction of sp³-hybridized carbons (Fsp3) is 0.611. The summed E-state index contributed by atoms with van der Waals surface area (Å²) in [5.41, 5.74) is 1.50. The summed E-state index contributed by atoms with van der Waals surface area (Å²) in [6, 6.07) is 5.59. The molecule has 1 saturated heterocycles. The van der Waals surface area contributed by atoms with Gasteiger partial charge in [0.1, 0.15) is 0 Å². The highest BCUT2D eigenvalue weighted by Crippen LogP contribution is 2.29. The van der Waals surface area contributed by atoms with Gasteiger partial charge in [0.25, 0.3) is 0 Å². The van der Waals surface area contributed by atoms with E-state index < -0.39 is 10.0 Å². The van der Waals surface area contributed by atoms with Gasteiger partial charge in [0.15, 0.2) is 0 Å². The predicted octanol–water partition coefficient (Wildman–Crippen LogP) is 1.82. The molecule has 0 bridgehead atoms. The van der Waals surface area contributed by atoms with Crippen LogP contribution in [0.4, 0.5) is 5.69 Å². The molecule has 2 aliphatic heterocycles. The molecule has 1 amide bonds. The van der Waals surface area contributed by atoms with E-state index in [1.54, 1.807) is 22.5 Å². The summed E-state index contributed by atoms with van der Waals surface area (Å²) in [5, 5.41) is 2.74. The lowest BCUT2D eigenvalue weighted by molar-refractivity contribution is -0.115. The van der Waals surface area contributed by atoms with Gasteiger partial charge in [-0.1, -0.05) is 19.3 Å². The number of hydrogen-bond acceptors (Lipinski definition) is 4. The van der Waals surface area contributed by atoms with Crippen LogP contribution >= 0.6 is 0 Å². The van der Waals surface area contributed by atoms with Crippen LogP contribution in [0.2, 0.25) is 0 Å². The number of amides is 1. The average Bonchev–Trinajstić information content (AvgIpc) is 3.02. The molecule has 6 nitrogen and oxygen atoms in total. The number of benzene rings is 1. The number of anilines is 1. The third-order valence-electron chi connectivity index (χ3n) is 5.70. The van der Waals surface area contributed by atoms with Crippen molar-refractivity contribution in [1.82, 2.24) is 9.21 Å². The van der Waals surface area contributed by atoms with E-state index in [1.165, 1.54) is 32.1 Å². The quantitative estimate of drug-likeness (QED) is 0.889. The molecule has 7 heteroatoms. The van der Waals surface area contributed by atoms with Crippen molar-refractivity contribution < 1.29 is 13.2 Å². The zero-order valence-corrected chi connectivity index (χ0v) is 15.2. The van der Waals surface area contributed by atoms with Crippen LogP contribution in [-0.2, 0) is 21.2 Å². The number of carbonyl (C=O) groups is 1. The van der Waals surface area contributed by atoms with Crippen LogP contribution in [0.5, 0.6) is 0 Å². The summed E-state index contributed by atoms with van der Waals surface area (Å²) in [5.74, 6) is -0.0781. The van der Waals surface area contributed by atoms with Crippen LogP contribution < -0.4 is 5.32 Å². The summed E-state index contributed by atoms with van der Waals surface area (Å²) >= 11 is 0. The zero-order valence-electron chi connectivity index (χ0n) is 14.4. The maximum Gasteiger partial charge on any atom is 0.243 e. The van der Waals surface area contributed by atoms with Gasteiger partial charge >= 0.3 is 0 Å². The molecule has 25 heavy (non-hydrogen) atoms. The fourth-order valence-corrected chi connectivity index (χ4v) is 5.74. The zero-order chi connectivity index (χ0) is 17.4. The smallest absolute Gasteiger partial charge is 0.243 e. The molecule has 0 aromatic heterocycles. The molecule has 2 heterocycles. The Labute approximate surface area is 149 Å². The maximum absolute atomic E-state index is 13.0. The average molecular weight is 363 g/mol. The molecule has 0 radical (unpaired) electrons. The minimum atomic E-state index is -3.49. The Morgan fingerprint density at radius 1 is 1.00 bits per heavy atom. The van der Waals surface area contributed by atoms with Gasteiger partial charge in [-0.25, -0.2) is 8.42 Å². The number of sulfonamides is 1. The molecule has 4 rings (SSSR count). The number of nitrogens with one attached hydrogen (secondary N) is 1. The Kier molecular flexibility index (Phi) is 4.56. The van der Waals surface area contributed by atoms with Crippen molar-refractivity contribution in [2.24, 2.45) is 0 Å². The highest BCUT2D eigenvalue weighted by Gasteiger charge is 2.32. The number of carbonyl (C=O) groups excluding carboxylic acids is 1. The van der Waals surface area contributed by atoms with Crippen molar-refractivity contribution in [3.8, 4) is 0 Å². The number of hydrogen-bond donors (Lipinski definition) is 1. The maximum atomic E-state index is 13.0. The monoisotopic (exact) mass is 363 g/mol. The van der Waals surface area contributed by atoms with Crippen LogP contribution in [0.25, 0.3) is 0 Å². The lowest BCUT2D eigenvalue weighted by Crippen LogP contribution is -2.52. The third-order valence-corrected chi connectivity index (χ3v) is 7.60. The first kappa shape index (κ1) is 17.0. The fourth-order valence-electron chi connectivity index (χ4n) is 4.27. The molecular weight excluding hydrogens is 338 g/mol. The first-order chi connectivity index (χ1) is 12.0. The number of fused-ring (bicyclic) bond motifs is 1. The summed E-state index contributed by atoms with van der Waals surface area (Å²) < 4.78 is 27.5. The number of rotatable bonds is 3. The predicted molar refractivity (Wildman–Crippen MR) is 96.0 cm³/mol. The third kappa shape index (κ3) is 3.32. The largest absolute Gasteiger partial charge is 0.326 e. The van der Waals surface area contributed by atoms with Crippen LogP contribution in [0, 0.1) is 0 Å². The van der Waals surface area contributed by atoms with Gasteiger partial charge in [0, 0.05) is 37.9 Å². The molecular formula is C18H25N3O3S. The number of nitrogens with zero attached hydrogens (tertiary/aromatic N) is 2. The Morgan fingerprint density at radius 2 is 1.72 bits per heavy atom. The molecule has 1 aromatic carbocycles. The Morgan fingerprint density at radius 3 is 2.44 bits per heavy atom. The standard InChI is InChI=1S/C18H25N3O3S/c22-18-13-14-12-16(6-7-17(14)19-18)25(23,24)21-10-8-20(9-11-21)15-4-2-1-3-5-15/h6-7,12,15H,1-5,8-11,13H2,(H,19,22). The van der Waals surface area contributed by atoms with Crippen molar-refractivity contribution in [3.05, 3.63) is 23.8 Å². The molecule has 1 aliphatic carbocycles. The molecule has 0 atom stereocenters. The van der Waals surface area contributed by atoms with E-state index in [0.717, 1.165) is 24.3 Å². The second-order valence-corrected chi connectivity index (χ2v) is 9.21. The van der Waals surface area contributed by atoms with Crippen molar-refractivity contribution in [1.29, 1.82) is 0 Å². The highest BCUT2D eigenvalue weighted by atomic mass is 32.2. The van der Waals surface area contributed by atoms with E-state index in [2.05, 4.69) is 10.2 Å². The summed E-state index contributed by atoms with van der Waals surface area (Å²) in [6.07, 6.45) is 6.68. The van der Waals surface area contributed by atoms with E-state index in [1.807, 2.05) is 0 Å². The SMILES string of the molecule is O=C1Cc2cc(S(=O)(=O)N3CCN(C4CCCCC4)CC3)ccc2N1. The topological polar surface area (TPSA) is 69.7 Å². The Bertz CT molecular complexity index is 764. The lowest BCUT2D eigenvalue weighted by Gasteiger charge is -2.40. The molecule has 1 saturated carbocycles. The van der Waals surface area contributed by atoms with Crippen molar-refractivity contribution in [2.45, 2.75) is 49.5 Å². The minimum Gasteiger partial charge on any atom is -0.326 e. The van der Waals surface area contributed by atoms with E-state index in [9.17, 15) is 13.2 Å². The molecule has 136 valence electrons. The molecule has 2 fully saturated rings. The lowest BCUT2D eigenvalue weighted by atomic mass is 9.94. The molecule has 1 N–H and O–H groups in total. The van der Waals surface area contributed by atoms with Crippen molar-refractivity contribution >= 4 is 21.6 Å². The molecule has 3 aliphatic rings. The first-order valence-corrected chi connectivity index (χ1v) is 10.6. The van der Waals surface area contributed by atoms with E-state index >= 15 is 0 Å². The minimum absolute atomic E-state index is 0.0781. The van der Waals surface area contributed by atoms with Gasteiger partial charge in [0.2, 0.25) is 15.9 Å². The van der Waals surface area contributed by atoms with Crippen LogP contribution in [-0.4, -0.2) is 55.8 Å². The van der Waals surface area contributed by atoms with E-state index in [-0.39, 0.29) is 12.3 Å². The second kappa shape index (κ2) is 6.70. The Hall–Kier alpha value is -1.44. The van der Waals surface area contributed by atoms with Gasteiger partial charge in [-0.05, 0) is 36.6 Å². The van der Waals surface area contributed by atoms with Crippen molar-refractivity contribution in [3.63, 3.8) is 0 Å². The molecule has 0 spiro atoms. The van der Waals surface area contributed by atoms with Gasteiger partial charge in [-0.15, -0.1) is 0 Å². The summed E-state index contributed by atoms with van der Waals surface area (Å²) in [6.45, 7) is 2.73. The molecule has 0 unspecified atom stereocenters. The van der Waals surface area contributed by atoms with Crippen LogP contribution in [0.15, 0.2) is 23.1 Å². The normalized spacial score (nSPS) is 23.4. The molecule has 1 aromatic rings. The Balaban J connectivity index is 1.45. The van der Waals surface area contributed by atoms with Crippen LogP contribution in [0.1, 0.15) is 37.7 Å². The summed E-state index contributed by atoms with van der Waals surface area (Å²) in [7, 11) is -3.49. The highest BCUT2D eigenvalue weighted by molar-refractivity contribution is 7.89. The number of piperazine rings is 1. The van der Waals surface area contributed by atoms with Crippen molar-refractivity contribution in [2.75, 3.05) is 31.5 Å². The summed E-state index contributed by atoms with van der Waals surface area (Å²) in [4.78, 5) is 14.2. The van der Waals surface area contributed by atoms with Gasteiger partial charge < -0.3 is 5.32 Å².